The van der Waals surface area contributed by atoms with Crippen LogP contribution in [0.4, 0.5) is 10.1 Å². The van der Waals surface area contributed by atoms with Gasteiger partial charge < -0.3 is 9.88 Å². The number of benzene rings is 1. The number of halogens is 1. The molecule has 0 bridgehead atoms. The molecule has 0 radical (unpaired) electrons. The van der Waals surface area contributed by atoms with Crippen molar-refractivity contribution in [3.63, 3.8) is 0 Å². The van der Waals surface area contributed by atoms with Crippen LogP contribution in [-0.4, -0.2) is 25.9 Å². The SMILES string of the molecule is CC(C)C(Sc1nncn1C)C(=O)Nc1ccc(F)cc1. The standard InChI is InChI=1S/C14H17FN4OS/c1-9(2)12(21-14-18-16-8-19(14)3)13(20)17-11-6-4-10(15)5-7-11/h4-9,12H,1-3H3,(H,17,20). The van der Waals surface area contributed by atoms with Crippen LogP contribution in [0.1, 0.15) is 13.8 Å². The number of rotatable bonds is 5. The van der Waals surface area contributed by atoms with Gasteiger partial charge in [0.1, 0.15) is 12.1 Å². The zero-order valence-corrected chi connectivity index (χ0v) is 12.9. The number of hydrogen-bond acceptors (Lipinski definition) is 4. The van der Waals surface area contributed by atoms with Gasteiger partial charge in [-0.1, -0.05) is 25.6 Å². The summed E-state index contributed by atoms with van der Waals surface area (Å²) in [5.41, 5.74) is 0.575. The van der Waals surface area contributed by atoms with E-state index < -0.39 is 0 Å². The molecule has 0 spiro atoms. The molecule has 0 aliphatic rings. The predicted molar refractivity (Wildman–Crippen MR) is 80.5 cm³/mol. The first-order chi connectivity index (χ1) is 9.97. The third kappa shape index (κ3) is 4.04. The van der Waals surface area contributed by atoms with Crippen LogP contribution in [0.15, 0.2) is 35.7 Å². The molecule has 0 fully saturated rings. The normalized spacial score (nSPS) is 12.4. The van der Waals surface area contributed by atoms with Gasteiger partial charge in [-0.15, -0.1) is 10.2 Å². The molecule has 1 aromatic carbocycles. The summed E-state index contributed by atoms with van der Waals surface area (Å²) >= 11 is 1.36. The molecule has 1 N–H and O–H groups in total. The topological polar surface area (TPSA) is 59.8 Å². The molecule has 2 rings (SSSR count). The van der Waals surface area contributed by atoms with Crippen molar-refractivity contribution in [3.8, 4) is 0 Å². The molecule has 1 heterocycles. The van der Waals surface area contributed by atoms with Crippen LogP contribution < -0.4 is 5.32 Å². The molecule has 7 heteroatoms. The van der Waals surface area contributed by atoms with Crippen molar-refractivity contribution < 1.29 is 9.18 Å². The number of aryl methyl sites for hydroxylation is 1. The molecule has 1 aromatic heterocycles. The Morgan fingerprint density at radius 3 is 2.52 bits per heavy atom. The summed E-state index contributed by atoms with van der Waals surface area (Å²) in [7, 11) is 1.83. The summed E-state index contributed by atoms with van der Waals surface area (Å²) in [6, 6.07) is 5.71. The molecule has 0 saturated carbocycles. The average molecular weight is 308 g/mol. The Morgan fingerprint density at radius 2 is 2.00 bits per heavy atom. The minimum atomic E-state index is -0.332. The molecule has 5 nitrogen and oxygen atoms in total. The average Bonchev–Trinajstić information content (AvgIpc) is 2.83. The minimum absolute atomic E-state index is 0.118. The number of aromatic nitrogens is 3. The van der Waals surface area contributed by atoms with Crippen molar-refractivity contribution in [1.29, 1.82) is 0 Å². The summed E-state index contributed by atoms with van der Waals surface area (Å²) in [5, 5.41) is 11.0. The third-order valence-corrected chi connectivity index (χ3v) is 4.47. The van der Waals surface area contributed by atoms with Gasteiger partial charge in [-0.3, -0.25) is 4.79 Å². The van der Waals surface area contributed by atoms with Crippen LogP contribution in [0.3, 0.4) is 0 Å². The maximum absolute atomic E-state index is 12.9. The first-order valence-corrected chi connectivity index (χ1v) is 7.42. The largest absolute Gasteiger partial charge is 0.325 e. The molecular formula is C14H17FN4OS. The van der Waals surface area contributed by atoms with Crippen LogP contribution in [0.25, 0.3) is 0 Å². The van der Waals surface area contributed by atoms with E-state index in [2.05, 4.69) is 15.5 Å². The molecular weight excluding hydrogens is 291 g/mol. The van der Waals surface area contributed by atoms with Crippen molar-refractivity contribution in [2.24, 2.45) is 13.0 Å². The number of hydrogen-bond donors (Lipinski definition) is 1. The predicted octanol–water partition coefficient (Wildman–Crippen LogP) is 2.71. The van der Waals surface area contributed by atoms with Crippen molar-refractivity contribution in [2.75, 3.05) is 5.32 Å². The van der Waals surface area contributed by atoms with E-state index in [1.165, 1.54) is 36.0 Å². The van der Waals surface area contributed by atoms with Gasteiger partial charge in [-0.2, -0.15) is 0 Å². The smallest absolute Gasteiger partial charge is 0.238 e. The van der Waals surface area contributed by atoms with Gasteiger partial charge in [0.15, 0.2) is 5.16 Å². The maximum Gasteiger partial charge on any atom is 0.238 e. The number of nitrogens with zero attached hydrogens (tertiary/aromatic N) is 3. The van der Waals surface area contributed by atoms with Crippen LogP contribution in [0.5, 0.6) is 0 Å². The minimum Gasteiger partial charge on any atom is -0.325 e. The number of carbonyl (C=O) groups is 1. The molecule has 112 valence electrons. The van der Waals surface area contributed by atoms with Gasteiger partial charge in [0.05, 0.1) is 5.25 Å². The highest BCUT2D eigenvalue weighted by atomic mass is 32.2. The first kappa shape index (κ1) is 15.5. The van der Waals surface area contributed by atoms with Gasteiger partial charge in [-0.25, -0.2) is 4.39 Å². The third-order valence-electron chi connectivity index (χ3n) is 2.88. The Labute approximate surface area is 127 Å². The lowest BCUT2D eigenvalue weighted by atomic mass is 10.1. The van der Waals surface area contributed by atoms with Crippen LogP contribution in [0, 0.1) is 11.7 Å². The first-order valence-electron chi connectivity index (χ1n) is 6.54. The van der Waals surface area contributed by atoms with Crippen LogP contribution in [-0.2, 0) is 11.8 Å². The van der Waals surface area contributed by atoms with Gasteiger partial charge >= 0.3 is 0 Å². The van der Waals surface area contributed by atoms with E-state index in [0.717, 1.165) is 0 Å². The van der Waals surface area contributed by atoms with Gasteiger partial charge in [0, 0.05) is 12.7 Å². The Morgan fingerprint density at radius 1 is 1.33 bits per heavy atom. The Balaban J connectivity index is 2.09. The van der Waals surface area contributed by atoms with E-state index >= 15 is 0 Å². The lowest BCUT2D eigenvalue weighted by Gasteiger charge is -2.19. The van der Waals surface area contributed by atoms with Crippen LogP contribution >= 0.6 is 11.8 Å². The highest BCUT2D eigenvalue weighted by Gasteiger charge is 2.25. The number of nitrogens with one attached hydrogen (secondary N) is 1. The highest BCUT2D eigenvalue weighted by molar-refractivity contribution is 8.00. The van der Waals surface area contributed by atoms with Gasteiger partial charge in [0.2, 0.25) is 5.91 Å². The van der Waals surface area contributed by atoms with E-state index in [9.17, 15) is 9.18 Å². The van der Waals surface area contributed by atoms with Crippen LogP contribution in [0.2, 0.25) is 0 Å². The highest BCUT2D eigenvalue weighted by Crippen LogP contribution is 2.27. The summed E-state index contributed by atoms with van der Waals surface area (Å²) in [5.74, 6) is -0.348. The maximum atomic E-state index is 12.9. The van der Waals surface area contributed by atoms with E-state index in [1.807, 2.05) is 20.9 Å². The fraction of sp³-hybridized carbons (Fsp3) is 0.357. The number of anilines is 1. The molecule has 1 atom stereocenters. The summed E-state index contributed by atoms with van der Waals surface area (Å²) < 4.78 is 14.6. The van der Waals surface area contributed by atoms with Crippen molar-refractivity contribution >= 4 is 23.4 Å². The fourth-order valence-corrected chi connectivity index (χ4v) is 2.70. The Hall–Kier alpha value is -1.89. The van der Waals surface area contributed by atoms with E-state index in [1.54, 1.807) is 10.9 Å². The molecule has 0 aliphatic heterocycles. The number of amides is 1. The quantitative estimate of drug-likeness (QED) is 0.863. The molecule has 0 aliphatic carbocycles. The van der Waals surface area contributed by atoms with Crippen molar-refractivity contribution in [2.45, 2.75) is 24.3 Å². The number of carbonyl (C=O) groups excluding carboxylic acids is 1. The Bertz CT molecular complexity index is 612. The number of thioether (sulfide) groups is 1. The van der Waals surface area contributed by atoms with Gasteiger partial charge in [-0.05, 0) is 30.2 Å². The monoisotopic (exact) mass is 308 g/mol. The zero-order valence-electron chi connectivity index (χ0n) is 12.1. The van der Waals surface area contributed by atoms with E-state index in [4.69, 9.17) is 0 Å². The molecule has 0 saturated heterocycles. The lowest BCUT2D eigenvalue weighted by molar-refractivity contribution is -0.116. The van der Waals surface area contributed by atoms with E-state index in [0.29, 0.717) is 10.8 Å². The van der Waals surface area contributed by atoms with E-state index in [-0.39, 0.29) is 22.9 Å². The summed E-state index contributed by atoms with van der Waals surface area (Å²) in [6.45, 7) is 3.94. The Kier molecular flexibility index (Phi) is 4.95. The second-order valence-corrected chi connectivity index (χ2v) is 6.11. The zero-order chi connectivity index (χ0) is 15.4. The molecule has 1 unspecified atom stereocenters. The van der Waals surface area contributed by atoms with Crippen molar-refractivity contribution in [3.05, 3.63) is 36.4 Å². The van der Waals surface area contributed by atoms with Gasteiger partial charge in [0.25, 0.3) is 0 Å². The second-order valence-electron chi connectivity index (χ2n) is 5.00. The molecule has 1 amide bonds. The lowest BCUT2D eigenvalue weighted by Crippen LogP contribution is -2.29. The van der Waals surface area contributed by atoms with Crippen molar-refractivity contribution in [1.82, 2.24) is 14.8 Å². The molecule has 21 heavy (non-hydrogen) atoms. The summed E-state index contributed by atoms with van der Waals surface area (Å²) in [4.78, 5) is 12.4. The summed E-state index contributed by atoms with van der Waals surface area (Å²) in [6.07, 6.45) is 1.59. The second kappa shape index (κ2) is 6.71. The molecule has 2 aromatic rings. The fourth-order valence-electron chi connectivity index (χ4n) is 1.73.